The fourth-order valence-corrected chi connectivity index (χ4v) is 10.7. The molecular formula is C22H40N2O5S2. The first-order chi connectivity index (χ1) is 14.5. The monoisotopic (exact) mass is 476 g/mol. The predicted molar refractivity (Wildman–Crippen MR) is 121 cm³/mol. The highest BCUT2D eigenvalue weighted by Gasteiger charge is 2.68. The molecule has 0 aromatic heterocycles. The van der Waals surface area contributed by atoms with Crippen molar-refractivity contribution >= 4 is 20.0 Å². The van der Waals surface area contributed by atoms with Crippen LogP contribution in [0.3, 0.4) is 0 Å². The second-order valence-electron chi connectivity index (χ2n) is 11.0. The summed E-state index contributed by atoms with van der Waals surface area (Å²) in [5.41, 5.74) is -1.19. The molecule has 0 aromatic rings. The van der Waals surface area contributed by atoms with E-state index in [1.54, 1.807) is 0 Å². The van der Waals surface area contributed by atoms with Gasteiger partial charge in [0, 0.05) is 5.41 Å². The van der Waals surface area contributed by atoms with Crippen molar-refractivity contribution in [1.82, 2.24) is 9.44 Å². The highest BCUT2D eigenvalue weighted by molar-refractivity contribution is 7.91. The zero-order chi connectivity index (χ0) is 22.5. The Kier molecular flexibility index (Phi) is 6.58. The Balaban J connectivity index is 1.67. The van der Waals surface area contributed by atoms with E-state index in [1.165, 1.54) is 0 Å². The summed E-state index contributed by atoms with van der Waals surface area (Å²) in [4.78, 5) is 0. The third kappa shape index (κ3) is 4.11. The molecule has 0 spiro atoms. The molecule has 0 saturated heterocycles. The third-order valence-corrected chi connectivity index (χ3v) is 13.1. The van der Waals surface area contributed by atoms with Gasteiger partial charge in [-0.05, 0) is 56.3 Å². The number of rotatable bonds is 7. The molecule has 0 aliphatic heterocycles. The standard InChI is InChI=1S/C22H40N2O5S2/c1-21(2)16-13-14-22(21,19(25)15-16)20(23-30(26,27)17-9-5-3-6-10-17)24-31(28,29)18-11-7-4-8-12-18/h16-20,23-25H,3-15H2,1-2H3. The van der Waals surface area contributed by atoms with E-state index in [2.05, 4.69) is 23.3 Å². The lowest BCUT2D eigenvalue weighted by molar-refractivity contribution is -0.0313. The maximum atomic E-state index is 13.4. The minimum Gasteiger partial charge on any atom is -0.392 e. The number of hydrogen-bond donors (Lipinski definition) is 3. The highest BCUT2D eigenvalue weighted by Crippen LogP contribution is 2.67. The Hall–Kier alpha value is -0.220. The Bertz CT molecular complexity index is 810. The van der Waals surface area contributed by atoms with Crippen LogP contribution >= 0.6 is 0 Å². The van der Waals surface area contributed by atoms with Gasteiger partial charge in [-0.2, -0.15) is 9.44 Å². The largest absolute Gasteiger partial charge is 0.392 e. The molecule has 4 saturated carbocycles. The lowest BCUT2D eigenvalue weighted by atomic mass is 9.66. The molecule has 4 aliphatic carbocycles. The molecule has 3 atom stereocenters. The summed E-state index contributed by atoms with van der Waals surface area (Å²) >= 11 is 0. The number of aliphatic hydroxyl groups excluding tert-OH is 1. The van der Waals surface area contributed by atoms with Gasteiger partial charge in [-0.15, -0.1) is 0 Å². The van der Waals surface area contributed by atoms with Crippen LogP contribution in [0.2, 0.25) is 0 Å². The molecule has 4 fully saturated rings. The Morgan fingerprint density at radius 3 is 1.58 bits per heavy atom. The molecular weight excluding hydrogens is 436 g/mol. The van der Waals surface area contributed by atoms with E-state index in [-0.39, 0.29) is 11.3 Å². The van der Waals surface area contributed by atoms with Gasteiger partial charge in [-0.1, -0.05) is 52.4 Å². The SMILES string of the molecule is CC1(C)C2CCC1(C(NS(=O)(=O)C1CCCCC1)NS(=O)(=O)C1CCCCC1)C(O)C2. The van der Waals surface area contributed by atoms with Crippen LogP contribution < -0.4 is 9.44 Å². The fourth-order valence-electron chi connectivity index (χ4n) is 7.18. The van der Waals surface area contributed by atoms with Crippen LogP contribution in [0.25, 0.3) is 0 Å². The maximum absolute atomic E-state index is 13.4. The van der Waals surface area contributed by atoms with Crippen molar-refractivity contribution in [2.75, 3.05) is 0 Å². The van der Waals surface area contributed by atoms with Crippen LogP contribution in [-0.4, -0.2) is 44.7 Å². The first kappa shape index (κ1) is 23.9. The zero-order valence-electron chi connectivity index (χ0n) is 19.0. The van der Waals surface area contributed by atoms with Crippen LogP contribution in [0.1, 0.15) is 97.3 Å². The molecule has 180 valence electrons. The van der Waals surface area contributed by atoms with Crippen molar-refractivity contribution in [3.05, 3.63) is 0 Å². The number of nitrogens with one attached hydrogen (secondary N) is 2. The zero-order valence-corrected chi connectivity index (χ0v) is 20.6. The average molecular weight is 477 g/mol. The minimum absolute atomic E-state index is 0.267. The molecule has 7 nitrogen and oxygen atoms in total. The maximum Gasteiger partial charge on any atom is 0.215 e. The first-order valence-electron chi connectivity index (χ1n) is 12.2. The van der Waals surface area contributed by atoms with Crippen molar-refractivity contribution in [3.8, 4) is 0 Å². The molecule has 4 aliphatic rings. The molecule has 3 N–H and O–H groups in total. The van der Waals surface area contributed by atoms with E-state index in [4.69, 9.17) is 0 Å². The van der Waals surface area contributed by atoms with Gasteiger partial charge >= 0.3 is 0 Å². The van der Waals surface area contributed by atoms with E-state index in [1.807, 2.05) is 0 Å². The van der Waals surface area contributed by atoms with E-state index < -0.39 is 48.2 Å². The third-order valence-electron chi connectivity index (χ3n) is 9.29. The molecule has 31 heavy (non-hydrogen) atoms. The van der Waals surface area contributed by atoms with Crippen LogP contribution in [0, 0.1) is 16.7 Å². The van der Waals surface area contributed by atoms with Gasteiger partial charge in [-0.3, -0.25) is 0 Å². The smallest absolute Gasteiger partial charge is 0.215 e. The molecule has 0 heterocycles. The quantitative estimate of drug-likeness (QED) is 0.489. The summed E-state index contributed by atoms with van der Waals surface area (Å²) in [7, 11) is -7.43. The van der Waals surface area contributed by atoms with Crippen molar-refractivity contribution < 1.29 is 21.9 Å². The summed E-state index contributed by atoms with van der Waals surface area (Å²) in [6.45, 7) is 4.13. The molecule has 0 radical (unpaired) electrons. The molecule has 4 rings (SSSR count). The average Bonchev–Trinajstić information content (AvgIpc) is 3.10. The van der Waals surface area contributed by atoms with Crippen LogP contribution in [0.4, 0.5) is 0 Å². The summed E-state index contributed by atoms with van der Waals surface area (Å²) in [6.07, 6.45) is 8.41. The van der Waals surface area contributed by atoms with Crippen LogP contribution in [0.5, 0.6) is 0 Å². The summed E-state index contributed by atoms with van der Waals surface area (Å²) in [5.74, 6) is 0.267. The van der Waals surface area contributed by atoms with Crippen LogP contribution in [-0.2, 0) is 20.0 Å². The van der Waals surface area contributed by atoms with Gasteiger partial charge in [0.2, 0.25) is 20.0 Å². The lowest BCUT2D eigenvalue weighted by Gasteiger charge is -2.47. The topological polar surface area (TPSA) is 113 Å². The van der Waals surface area contributed by atoms with Gasteiger partial charge < -0.3 is 5.11 Å². The van der Waals surface area contributed by atoms with E-state index in [9.17, 15) is 21.9 Å². The molecule has 2 bridgehead atoms. The minimum atomic E-state index is -3.71. The van der Waals surface area contributed by atoms with Crippen molar-refractivity contribution in [1.29, 1.82) is 0 Å². The molecule has 3 unspecified atom stereocenters. The van der Waals surface area contributed by atoms with E-state index in [0.29, 0.717) is 38.5 Å². The predicted octanol–water partition coefficient (Wildman–Crippen LogP) is 3.00. The van der Waals surface area contributed by atoms with Gasteiger partial charge in [0.25, 0.3) is 0 Å². The second kappa shape index (κ2) is 8.53. The van der Waals surface area contributed by atoms with Crippen LogP contribution in [0.15, 0.2) is 0 Å². The summed E-state index contributed by atoms with van der Waals surface area (Å²) in [6, 6.07) is 0. The highest BCUT2D eigenvalue weighted by atomic mass is 32.2. The van der Waals surface area contributed by atoms with E-state index in [0.717, 1.165) is 44.9 Å². The molecule has 9 heteroatoms. The second-order valence-corrected chi connectivity index (χ2v) is 15.0. The number of sulfonamides is 2. The fraction of sp³-hybridized carbons (Fsp3) is 1.00. The summed E-state index contributed by atoms with van der Waals surface area (Å²) in [5, 5.41) is 10.1. The summed E-state index contributed by atoms with van der Waals surface area (Å²) < 4.78 is 59.2. The van der Waals surface area contributed by atoms with Crippen molar-refractivity contribution in [3.63, 3.8) is 0 Å². The Morgan fingerprint density at radius 2 is 1.23 bits per heavy atom. The first-order valence-corrected chi connectivity index (χ1v) is 15.3. The molecule has 0 aromatic carbocycles. The normalized spacial score (nSPS) is 35.1. The van der Waals surface area contributed by atoms with Gasteiger partial charge in [0.1, 0.15) is 0 Å². The van der Waals surface area contributed by atoms with Gasteiger partial charge in [0.15, 0.2) is 0 Å². The Morgan fingerprint density at radius 1 is 0.774 bits per heavy atom. The number of hydrogen-bond acceptors (Lipinski definition) is 5. The molecule has 0 amide bonds. The lowest BCUT2D eigenvalue weighted by Crippen LogP contribution is -2.65. The van der Waals surface area contributed by atoms with Crippen molar-refractivity contribution in [2.45, 2.75) is 120 Å². The Labute approximate surface area is 188 Å². The van der Waals surface area contributed by atoms with Crippen molar-refractivity contribution in [2.24, 2.45) is 16.7 Å². The van der Waals surface area contributed by atoms with Gasteiger partial charge in [-0.25, -0.2) is 16.8 Å². The van der Waals surface area contributed by atoms with E-state index >= 15 is 0 Å². The van der Waals surface area contributed by atoms with Gasteiger partial charge in [0.05, 0.1) is 22.8 Å². The number of aliphatic hydroxyl groups is 1. The number of fused-ring (bicyclic) bond motifs is 2.